The largest absolute Gasteiger partial charge is 0.324 e. The van der Waals surface area contributed by atoms with Crippen LogP contribution >= 0.6 is 46.6 Å². The molecule has 0 aliphatic carbocycles. The van der Waals surface area contributed by atoms with Gasteiger partial charge in [0.2, 0.25) is 23.8 Å². The summed E-state index contributed by atoms with van der Waals surface area (Å²) >= 11 is 20.2. The number of nitrogens with zero attached hydrogens (tertiary/aromatic N) is 4. The van der Waals surface area contributed by atoms with Crippen molar-refractivity contribution >= 4 is 81.7 Å². The van der Waals surface area contributed by atoms with E-state index in [9.17, 15) is 4.79 Å². The zero-order chi connectivity index (χ0) is 24.4. The number of benzene rings is 3. The maximum absolute atomic E-state index is 13.0. The Morgan fingerprint density at radius 1 is 0.800 bits per heavy atom. The van der Waals surface area contributed by atoms with Crippen molar-refractivity contribution in [1.29, 1.82) is 0 Å². The van der Waals surface area contributed by atoms with E-state index in [1.54, 1.807) is 35.2 Å². The first kappa shape index (κ1) is 23.7. The van der Waals surface area contributed by atoms with Crippen LogP contribution in [0.3, 0.4) is 0 Å². The first-order valence-electron chi connectivity index (χ1n) is 10.5. The van der Waals surface area contributed by atoms with Gasteiger partial charge in [-0.05, 0) is 42.5 Å². The fourth-order valence-electron chi connectivity index (χ4n) is 3.52. The summed E-state index contributed by atoms with van der Waals surface area (Å²) in [5.41, 5.74) is 2.18. The summed E-state index contributed by atoms with van der Waals surface area (Å²) in [6, 6.07) is 21.8. The number of hydrogen-bond acceptors (Lipinski definition) is 7. The number of thioether (sulfide) groups is 1. The number of carbonyl (C=O) groups is 1. The lowest BCUT2D eigenvalue weighted by atomic mass is 10.2. The van der Waals surface area contributed by atoms with Crippen molar-refractivity contribution in [3.8, 4) is 0 Å². The predicted octanol–water partition coefficient (Wildman–Crippen LogP) is 7.10. The van der Waals surface area contributed by atoms with Gasteiger partial charge in [0.15, 0.2) is 0 Å². The second-order valence-corrected chi connectivity index (χ2v) is 9.85. The van der Waals surface area contributed by atoms with Crippen molar-refractivity contribution in [2.24, 2.45) is 0 Å². The molecule has 176 valence electrons. The number of carbonyl (C=O) groups excluding carboxylic acids is 1. The normalized spacial score (nSPS) is 15.3. The van der Waals surface area contributed by atoms with Crippen molar-refractivity contribution in [2.75, 3.05) is 21.3 Å². The van der Waals surface area contributed by atoms with Gasteiger partial charge in [-0.3, -0.25) is 9.69 Å². The average Bonchev–Trinajstić information content (AvgIpc) is 3.20. The fourth-order valence-corrected chi connectivity index (χ4v) is 5.39. The third kappa shape index (κ3) is 5.46. The molecule has 1 atom stereocenters. The molecule has 1 aliphatic rings. The SMILES string of the molecule is O=C1CSC(c2ccccc2Cl)N1c1nc(Nc2cccc(Cl)c2)nc(Nc2cccc(Cl)c2)n1. The molecular formula is C24H17Cl3N6OS. The monoisotopic (exact) mass is 542 g/mol. The van der Waals surface area contributed by atoms with Gasteiger partial charge in [-0.1, -0.05) is 65.1 Å². The standard InChI is InChI=1S/C24H17Cl3N6OS/c25-14-5-3-7-16(11-14)28-22-30-23(29-17-8-4-6-15(26)12-17)32-24(31-22)33-20(34)13-35-21(33)18-9-1-2-10-19(18)27/h1-12,21H,13H2,(H2,28,29,30,31,32). The Morgan fingerprint density at radius 2 is 1.40 bits per heavy atom. The Morgan fingerprint density at radius 3 is 1.97 bits per heavy atom. The molecule has 2 N–H and O–H groups in total. The third-order valence-electron chi connectivity index (χ3n) is 5.04. The van der Waals surface area contributed by atoms with Crippen LogP contribution in [0.15, 0.2) is 72.8 Å². The topological polar surface area (TPSA) is 83.0 Å². The second kappa shape index (κ2) is 10.3. The lowest BCUT2D eigenvalue weighted by molar-refractivity contribution is -0.115. The van der Waals surface area contributed by atoms with Crippen LogP contribution in [0.25, 0.3) is 0 Å². The molecular weight excluding hydrogens is 527 g/mol. The van der Waals surface area contributed by atoms with Gasteiger partial charge in [0.1, 0.15) is 5.37 Å². The maximum Gasteiger partial charge on any atom is 0.240 e. The lowest BCUT2D eigenvalue weighted by Gasteiger charge is -2.23. The van der Waals surface area contributed by atoms with Gasteiger partial charge in [-0.2, -0.15) is 15.0 Å². The number of rotatable bonds is 6. The minimum Gasteiger partial charge on any atom is -0.324 e. The van der Waals surface area contributed by atoms with E-state index in [4.69, 9.17) is 34.8 Å². The van der Waals surface area contributed by atoms with E-state index < -0.39 is 0 Å². The van der Waals surface area contributed by atoms with Crippen molar-refractivity contribution in [1.82, 2.24) is 15.0 Å². The van der Waals surface area contributed by atoms with Crippen LogP contribution in [0, 0.1) is 0 Å². The number of nitrogens with one attached hydrogen (secondary N) is 2. The van der Waals surface area contributed by atoms with Crippen molar-refractivity contribution in [2.45, 2.75) is 5.37 Å². The van der Waals surface area contributed by atoms with Crippen LogP contribution in [-0.2, 0) is 4.79 Å². The second-order valence-electron chi connectivity index (χ2n) is 7.50. The van der Waals surface area contributed by atoms with E-state index in [2.05, 4.69) is 25.6 Å². The van der Waals surface area contributed by atoms with E-state index in [0.717, 1.165) is 5.56 Å². The first-order valence-corrected chi connectivity index (χ1v) is 12.6. The molecule has 1 aliphatic heterocycles. The highest BCUT2D eigenvalue weighted by atomic mass is 35.5. The molecule has 5 rings (SSSR count). The van der Waals surface area contributed by atoms with Gasteiger partial charge < -0.3 is 10.6 Å². The summed E-state index contributed by atoms with van der Waals surface area (Å²) < 4.78 is 0. The van der Waals surface area contributed by atoms with Crippen LogP contribution in [0.5, 0.6) is 0 Å². The molecule has 1 fully saturated rings. The molecule has 35 heavy (non-hydrogen) atoms. The Labute approximate surface area is 220 Å². The van der Waals surface area contributed by atoms with E-state index in [0.29, 0.717) is 26.4 Å². The van der Waals surface area contributed by atoms with E-state index in [1.165, 1.54) is 11.8 Å². The Balaban J connectivity index is 1.56. The zero-order valence-corrected chi connectivity index (χ0v) is 21.0. The van der Waals surface area contributed by atoms with Crippen LogP contribution in [0.4, 0.5) is 29.2 Å². The summed E-state index contributed by atoms with van der Waals surface area (Å²) in [5.74, 6) is 0.812. The molecule has 11 heteroatoms. The average molecular weight is 544 g/mol. The molecule has 1 unspecified atom stereocenters. The Bertz CT molecular complexity index is 1340. The molecule has 3 aromatic carbocycles. The summed E-state index contributed by atoms with van der Waals surface area (Å²) in [6.45, 7) is 0. The van der Waals surface area contributed by atoms with Crippen LogP contribution in [-0.4, -0.2) is 26.6 Å². The van der Waals surface area contributed by atoms with Crippen molar-refractivity contribution in [3.05, 3.63) is 93.4 Å². The van der Waals surface area contributed by atoms with Crippen LogP contribution < -0.4 is 15.5 Å². The molecule has 1 aromatic heterocycles. The highest BCUT2D eigenvalue weighted by Gasteiger charge is 2.37. The van der Waals surface area contributed by atoms with Crippen molar-refractivity contribution < 1.29 is 4.79 Å². The molecule has 2 heterocycles. The van der Waals surface area contributed by atoms with E-state index >= 15 is 0 Å². The number of halogens is 3. The maximum atomic E-state index is 13.0. The highest BCUT2D eigenvalue weighted by Crippen LogP contribution is 2.43. The predicted molar refractivity (Wildman–Crippen MR) is 143 cm³/mol. The Hall–Kier alpha value is -3.04. The van der Waals surface area contributed by atoms with Gasteiger partial charge in [0.05, 0.1) is 5.75 Å². The van der Waals surface area contributed by atoms with Crippen molar-refractivity contribution in [3.63, 3.8) is 0 Å². The highest BCUT2D eigenvalue weighted by molar-refractivity contribution is 8.00. The summed E-state index contributed by atoms with van der Waals surface area (Å²) in [7, 11) is 0. The molecule has 0 spiro atoms. The molecule has 1 amide bonds. The molecule has 4 aromatic rings. The summed E-state index contributed by atoms with van der Waals surface area (Å²) in [6.07, 6.45) is 0. The number of amides is 1. The number of hydrogen-bond donors (Lipinski definition) is 2. The van der Waals surface area contributed by atoms with Gasteiger partial charge in [-0.25, -0.2) is 0 Å². The molecule has 0 saturated carbocycles. The summed E-state index contributed by atoms with van der Waals surface area (Å²) in [4.78, 5) is 28.1. The third-order valence-corrected chi connectivity index (χ3v) is 7.05. The summed E-state index contributed by atoms with van der Waals surface area (Å²) in [5, 5.41) is 7.60. The number of anilines is 5. The van der Waals surface area contributed by atoms with Crippen LogP contribution in [0.1, 0.15) is 10.9 Å². The van der Waals surface area contributed by atoms with Crippen LogP contribution in [0.2, 0.25) is 15.1 Å². The van der Waals surface area contributed by atoms with Gasteiger partial charge >= 0.3 is 0 Å². The minimum atomic E-state index is -0.378. The molecule has 1 saturated heterocycles. The van der Waals surface area contributed by atoms with Gasteiger partial charge in [0.25, 0.3) is 0 Å². The molecule has 0 bridgehead atoms. The zero-order valence-electron chi connectivity index (χ0n) is 18.0. The fraction of sp³-hybridized carbons (Fsp3) is 0.0833. The minimum absolute atomic E-state index is 0.131. The Kier molecular flexibility index (Phi) is 6.97. The quantitative estimate of drug-likeness (QED) is 0.268. The molecule has 7 nitrogen and oxygen atoms in total. The molecule has 0 radical (unpaired) electrons. The smallest absolute Gasteiger partial charge is 0.240 e. The first-order chi connectivity index (χ1) is 17.0. The van der Waals surface area contributed by atoms with Gasteiger partial charge in [0, 0.05) is 32.0 Å². The van der Waals surface area contributed by atoms with E-state index in [1.807, 2.05) is 42.5 Å². The van der Waals surface area contributed by atoms with Gasteiger partial charge in [-0.15, -0.1) is 11.8 Å². The van der Waals surface area contributed by atoms with E-state index in [-0.39, 0.29) is 34.9 Å². The lowest BCUT2D eigenvalue weighted by Crippen LogP contribution is -2.30. The number of aromatic nitrogens is 3.